The molecule has 6 nitrogen and oxygen atoms in total. The summed E-state index contributed by atoms with van der Waals surface area (Å²) in [5.41, 5.74) is 5.04. The van der Waals surface area contributed by atoms with E-state index >= 15 is 0 Å². The average molecular weight is 236 g/mol. The van der Waals surface area contributed by atoms with Crippen LogP contribution >= 0.6 is 0 Å². The van der Waals surface area contributed by atoms with Crippen molar-refractivity contribution < 1.29 is 18.3 Å². The molecule has 2 unspecified atom stereocenters. The van der Waals surface area contributed by atoms with Gasteiger partial charge < -0.3 is 10.8 Å². The topological polar surface area (TPSA) is 101 Å². The number of rotatable bonds is 3. The molecule has 1 aliphatic rings. The van der Waals surface area contributed by atoms with Crippen LogP contribution in [0.2, 0.25) is 0 Å². The summed E-state index contributed by atoms with van der Waals surface area (Å²) >= 11 is 0. The largest absolute Gasteiger partial charge is 0.377 e. The van der Waals surface area contributed by atoms with Crippen LogP contribution in [-0.4, -0.2) is 42.8 Å². The Morgan fingerprint density at radius 1 is 1.60 bits per heavy atom. The summed E-state index contributed by atoms with van der Waals surface area (Å²) in [5, 5.41) is 9.58. The summed E-state index contributed by atoms with van der Waals surface area (Å²) < 4.78 is 23.4. The monoisotopic (exact) mass is 236 g/mol. The Bertz CT molecular complexity index is 341. The first-order valence-corrected chi connectivity index (χ1v) is 6.58. The highest BCUT2D eigenvalue weighted by atomic mass is 32.2. The molecule has 0 aromatic heterocycles. The van der Waals surface area contributed by atoms with Crippen LogP contribution in [0.5, 0.6) is 0 Å². The first kappa shape index (κ1) is 12.4. The zero-order valence-corrected chi connectivity index (χ0v) is 9.40. The predicted octanol–water partition coefficient (Wildman–Crippen LogP) is -1.15. The summed E-state index contributed by atoms with van der Waals surface area (Å²) in [6, 6.07) is 0. The molecule has 0 aliphatic carbocycles. The Kier molecular flexibility index (Phi) is 3.69. The molecule has 2 atom stereocenters. The van der Waals surface area contributed by atoms with E-state index in [0.717, 1.165) is 10.6 Å². The molecule has 88 valence electrons. The van der Waals surface area contributed by atoms with E-state index in [4.69, 9.17) is 5.73 Å². The number of amides is 1. The minimum Gasteiger partial charge on any atom is -0.377 e. The minimum atomic E-state index is -3.36. The van der Waals surface area contributed by atoms with Crippen molar-refractivity contribution in [2.75, 3.05) is 12.8 Å². The van der Waals surface area contributed by atoms with Gasteiger partial charge in [0, 0.05) is 13.0 Å². The van der Waals surface area contributed by atoms with Crippen LogP contribution in [0.3, 0.4) is 0 Å². The maximum absolute atomic E-state index is 11.2. The summed E-state index contributed by atoms with van der Waals surface area (Å²) in [5.74, 6) is -0.435. The maximum Gasteiger partial charge on any atom is 0.217 e. The highest BCUT2D eigenvalue weighted by Gasteiger charge is 2.32. The Morgan fingerprint density at radius 2 is 2.20 bits per heavy atom. The van der Waals surface area contributed by atoms with Gasteiger partial charge in [-0.3, -0.25) is 4.79 Å². The number of sulfonamides is 1. The number of nitrogens with two attached hydrogens (primary N) is 1. The molecule has 0 spiro atoms. The van der Waals surface area contributed by atoms with E-state index in [1.54, 1.807) is 0 Å². The molecule has 1 fully saturated rings. The summed E-state index contributed by atoms with van der Waals surface area (Å²) in [7, 11) is -3.36. The molecule has 1 amide bonds. The third-order valence-electron chi connectivity index (χ3n) is 2.55. The standard InChI is InChI=1S/C8H16N2O4S/c1-15(13,14)10-3-2-6(4-7(9)11)5-8(10)12/h6,8,12H,2-5H2,1H3,(H2,9,11). The van der Waals surface area contributed by atoms with Gasteiger partial charge in [0.25, 0.3) is 0 Å². The van der Waals surface area contributed by atoms with E-state index in [1.807, 2.05) is 0 Å². The van der Waals surface area contributed by atoms with Crippen molar-refractivity contribution in [3.63, 3.8) is 0 Å². The van der Waals surface area contributed by atoms with E-state index in [1.165, 1.54) is 0 Å². The molecule has 1 rings (SSSR count). The first-order chi connectivity index (χ1) is 6.80. The van der Waals surface area contributed by atoms with Gasteiger partial charge in [0.1, 0.15) is 6.23 Å². The van der Waals surface area contributed by atoms with E-state index in [9.17, 15) is 18.3 Å². The van der Waals surface area contributed by atoms with Crippen LogP contribution in [-0.2, 0) is 14.8 Å². The van der Waals surface area contributed by atoms with Crippen LogP contribution in [0.15, 0.2) is 0 Å². The second kappa shape index (κ2) is 4.46. The van der Waals surface area contributed by atoms with E-state index in [2.05, 4.69) is 0 Å². The average Bonchev–Trinajstić information content (AvgIpc) is 1.99. The fraction of sp³-hybridized carbons (Fsp3) is 0.875. The maximum atomic E-state index is 11.2. The fourth-order valence-corrected chi connectivity index (χ4v) is 2.81. The van der Waals surface area contributed by atoms with Crippen LogP contribution in [0, 0.1) is 5.92 Å². The minimum absolute atomic E-state index is 0.0181. The normalized spacial score (nSPS) is 28.9. The molecule has 7 heteroatoms. The number of nitrogens with zero attached hydrogens (tertiary/aromatic N) is 1. The second-order valence-corrected chi connectivity index (χ2v) is 5.85. The lowest BCUT2D eigenvalue weighted by Crippen LogP contribution is -2.46. The number of aliphatic hydroxyl groups is 1. The quantitative estimate of drug-likeness (QED) is 0.646. The highest BCUT2D eigenvalue weighted by molar-refractivity contribution is 7.88. The third-order valence-corrected chi connectivity index (χ3v) is 3.83. The number of hydrogen-bond acceptors (Lipinski definition) is 4. The summed E-state index contributed by atoms with van der Waals surface area (Å²) in [6.07, 6.45) is 1.07. The van der Waals surface area contributed by atoms with Gasteiger partial charge >= 0.3 is 0 Å². The predicted molar refractivity (Wildman–Crippen MR) is 54.1 cm³/mol. The zero-order chi connectivity index (χ0) is 11.6. The van der Waals surface area contributed by atoms with Crippen molar-refractivity contribution in [2.45, 2.75) is 25.5 Å². The van der Waals surface area contributed by atoms with E-state index in [-0.39, 0.29) is 25.3 Å². The number of carbonyl (C=O) groups excluding carboxylic acids is 1. The summed E-state index contributed by atoms with van der Waals surface area (Å²) in [6.45, 7) is 0.248. The number of primary amides is 1. The molecule has 1 heterocycles. The highest BCUT2D eigenvalue weighted by Crippen LogP contribution is 2.25. The van der Waals surface area contributed by atoms with Crippen LogP contribution in [0.1, 0.15) is 19.3 Å². The molecule has 1 saturated heterocycles. The lowest BCUT2D eigenvalue weighted by molar-refractivity contribution is -0.119. The molecular weight excluding hydrogens is 220 g/mol. The Morgan fingerprint density at radius 3 is 2.60 bits per heavy atom. The first-order valence-electron chi connectivity index (χ1n) is 4.74. The van der Waals surface area contributed by atoms with Crippen molar-refractivity contribution in [1.82, 2.24) is 4.31 Å². The van der Waals surface area contributed by atoms with Crippen molar-refractivity contribution in [3.05, 3.63) is 0 Å². The number of piperidine rings is 1. The molecule has 0 aromatic carbocycles. The van der Waals surface area contributed by atoms with E-state index in [0.29, 0.717) is 6.42 Å². The van der Waals surface area contributed by atoms with Crippen LogP contribution in [0.25, 0.3) is 0 Å². The van der Waals surface area contributed by atoms with Gasteiger partial charge in [-0.25, -0.2) is 8.42 Å². The van der Waals surface area contributed by atoms with Gasteiger partial charge in [-0.15, -0.1) is 0 Å². The molecule has 0 radical (unpaired) electrons. The van der Waals surface area contributed by atoms with Crippen molar-refractivity contribution in [1.29, 1.82) is 0 Å². The smallest absolute Gasteiger partial charge is 0.217 e. The molecule has 0 aromatic rings. The molecule has 0 bridgehead atoms. The molecular formula is C8H16N2O4S. The molecule has 3 N–H and O–H groups in total. The van der Waals surface area contributed by atoms with Crippen molar-refractivity contribution in [3.8, 4) is 0 Å². The Labute approximate surface area is 89.1 Å². The van der Waals surface area contributed by atoms with Crippen molar-refractivity contribution in [2.24, 2.45) is 11.7 Å². The van der Waals surface area contributed by atoms with Gasteiger partial charge in [0.2, 0.25) is 15.9 Å². The van der Waals surface area contributed by atoms with E-state index < -0.39 is 22.2 Å². The fourth-order valence-electron chi connectivity index (χ4n) is 1.85. The third kappa shape index (κ3) is 3.44. The van der Waals surface area contributed by atoms with Crippen LogP contribution < -0.4 is 5.73 Å². The molecule has 15 heavy (non-hydrogen) atoms. The van der Waals surface area contributed by atoms with Crippen molar-refractivity contribution >= 4 is 15.9 Å². The SMILES string of the molecule is CS(=O)(=O)N1CCC(CC(N)=O)CC1O. The number of carbonyl (C=O) groups is 1. The van der Waals surface area contributed by atoms with Gasteiger partial charge in [0.15, 0.2) is 0 Å². The molecule has 1 aliphatic heterocycles. The van der Waals surface area contributed by atoms with Crippen LogP contribution in [0.4, 0.5) is 0 Å². The van der Waals surface area contributed by atoms with Gasteiger partial charge in [-0.05, 0) is 18.8 Å². The number of aliphatic hydroxyl groups excluding tert-OH is 1. The second-order valence-electron chi connectivity index (χ2n) is 3.92. The van der Waals surface area contributed by atoms with Gasteiger partial charge in [-0.2, -0.15) is 4.31 Å². The Hall–Kier alpha value is -0.660. The lowest BCUT2D eigenvalue weighted by Gasteiger charge is -2.34. The summed E-state index contributed by atoms with van der Waals surface area (Å²) in [4.78, 5) is 10.7. The number of hydrogen-bond donors (Lipinski definition) is 2. The molecule has 0 saturated carbocycles. The van der Waals surface area contributed by atoms with Gasteiger partial charge in [0.05, 0.1) is 6.26 Å². The lowest BCUT2D eigenvalue weighted by atomic mass is 9.93. The Balaban J connectivity index is 2.59. The zero-order valence-electron chi connectivity index (χ0n) is 8.59. The van der Waals surface area contributed by atoms with Gasteiger partial charge in [-0.1, -0.05) is 0 Å².